The van der Waals surface area contributed by atoms with Crippen LogP contribution in [0.4, 0.5) is 11.6 Å². The summed E-state index contributed by atoms with van der Waals surface area (Å²) >= 11 is 0. The summed E-state index contributed by atoms with van der Waals surface area (Å²) in [6, 6.07) is 9.05. The minimum atomic E-state index is -0.836. The number of hydrogen-bond acceptors (Lipinski definition) is 8. The lowest BCUT2D eigenvalue weighted by atomic mass is 9.84. The number of pyridine rings is 2. The Kier molecular flexibility index (Phi) is 6.34. The molecule has 1 N–H and O–H groups in total. The van der Waals surface area contributed by atoms with Crippen molar-refractivity contribution in [2.45, 2.75) is 64.7 Å². The fraction of sp³-hybridized carbons (Fsp3) is 0.429. The molecule has 11 nitrogen and oxygen atoms in total. The maximum atomic E-state index is 12.5. The number of esters is 1. The lowest BCUT2D eigenvalue weighted by molar-refractivity contribution is -0.137. The molecule has 5 rings (SSSR count). The number of likely N-dealkylation sites (tertiary alicyclic amines) is 1. The molecule has 2 aliphatic heterocycles. The number of carbonyl (C=O) groups is 2. The van der Waals surface area contributed by atoms with E-state index >= 15 is 0 Å². The van der Waals surface area contributed by atoms with Gasteiger partial charge in [0.15, 0.2) is 0 Å². The largest absolute Gasteiger partial charge is 0.486 e. The molecular weight excluding hydrogens is 498 g/mol. The number of azide groups is 1. The van der Waals surface area contributed by atoms with Crippen LogP contribution in [0.2, 0.25) is 0 Å². The monoisotopic (exact) mass is 529 g/mol. The normalized spacial score (nSPS) is 18.5. The lowest BCUT2D eigenvalue weighted by Gasteiger charge is -2.38. The van der Waals surface area contributed by atoms with Crippen molar-refractivity contribution in [3.8, 4) is 5.75 Å². The third kappa shape index (κ3) is 4.81. The number of cyclic esters (lactones) is 1. The number of rotatable bonds is 6. The second kappa shape index (κ2) is 9.43. The Bertz CT molecular complexity index is 1540. The van der Waals surface area contributed by atoms with Gasteiger partial charge < -0.3 is 19.7 Å². The van der Waals surface area contributed by atoms with E-state index in [0.29, 0.717) is 41.7 Å². The predicted octanol–water partition coefficient (Wildman–Crippen LogP) is 5.58. The van der Waals surface area contributed by atoms with Crippen molar-refractivity contribution < 1.29 is 19.1 Å². The van der Waals surface area contributed by atoms with Crippen LogP contribution in [0.3, 0.4) is 0 Å². The van der Waals surface area contributed by atoms with Crippen LogP contribution in [0.5, 0.6) is 5.75 Å². The molecule has 1 unspecified atom stereocenters. The van der Waals surface area contributed by atoms with Crippen LogP contribution in [0.25, 0.3) is 21.2 Å². The Hall–Kier alpha value is -4.37. The van der Waals surface area contributed by atoms with E-state index in [0.717, 1.165) is 16.3 Å². The summed E-state index contributed by atoms with van der Waals surface area (Å²) in [5.41, 5.74) is 9.61. The minimum Gasteiger partial charge on any atom is -0.486 e. The van der Waals surface area contributed by atoms with Gasteiger partial charge in [0, 0.05) is 29.3 Å². The molecule has 0 bridgehead atoms. The fourth-order valence-electron chi connectivity index (χ4n) is 4.92. The summed E-state index contributed by atoms with van der Waals surface area (Å²) < 4.78 is 11.8. The molecule has 3 aromatic rings. The van der Waals surface area contributed by atoms with Crippen LogP contribution in [0.15, 0.2) is 41.6 Å². The third-order valence-electron chi connectivity index (χ3n) is 7.61. The first-order valence-electron chi connectivity index (χ1n) is 12.8. The molecule has 1 saturated heterocycles. The van der Waals surface area contributed by atoms with Gasteiger partial charge in [0.25, 0.3) is 0 Å². The number of benzene rings is 1. The second-order valence-corrected chi connectivity index (χ2v) is 11.1. The zero-order valence-electron chi connectivity index (χ0n) is 22.8. The molecule has 0 saturated carbocycles. The highest BCUT2D eigenvalue weighted by atomic mass is 16.6. The standard InChI is InChI=1S/C28H31N7O4/c1-15-25-18(26(37)39-28(15,5)6)7-10-23(32-25)31-24-11-19-20(12-30-24)22(38-17-13-35(14-17)16(2)36)9-8-21(19)27(3,4)33-34-29/h7-12,15,17H,13-14H2,1-6H3,(H,30,31,32). The summed E-state index contributed by atoms with van der Waals surface area (Å²) in [4.78, 5) is 38.2. The molecule has 11 heteroatoms. The molecular formula is C28H31N7O4. The summed E-state index contributed by atoms with van der Waals surface area (Å²) in [6.45, 7) is 12.0. The van der Waals surface area contributed by atoms with Crippen LogP contribution >= 0.6 is 0 Å². The van der Waals surface area contributed by atoms with Gasteiger partial charge >= 0.3 is 5.97 Å². The number of carbonyl (C=O) groups excluding carboxylic acids is 2. The Labute approximate surface area is 226 Å². The molecule has 1 atom stereocenters. The van der Waals surface area contributed by atoms with Crippen molar-refractivity contribution >= 4 is 34.3 Å². The van der Waals surface area contributed by atoms with Crippen molar-refractivity contribution in [3.63, 3.8) is 0 Å². The van der Waals surface area contributed by atoms with Gasteiger partial charge in [-0.2, -0.15) is 0 Å². The van der Waals surface area contributed by atoms with E-state index in [1.54, 1.807) is 30.2 Å². The SMILES string of the molecule is CC(=O)N1CC(Oc2ccc(C(C)(C)N=[N+]=[N-])c3cc(Nc4ccc5c(n4)C(C)C(C)(C)OC5=O)ncc23)C1. The maximum Gasteiger partial charge on any atom is 0.340 e. The van der Waals surface area contributed by atoms with E-state index in [4.69, 9.17) is 14.5 Å². The Morgan fingerprint density at radius 3 is 2.67 bits per heavy atom. The van der Waals surface area contributed by atoms with E-state index in [2.05, 4.69) is 20.3 Å². The van der Waals surface area contributed by atoms with Gasteiger partial charge in [-0.05, 0) is 54.6 Å². The molecule has 1 amide bonds. The van der Waals surface area contributed by atoms with Crippen molar-refractivity contribution in [3.05, 3.63) is 63.8 Å². The van der Waals surface area contributed by atoms with Crippen LogP contribution in [-0.2, 0) is 15.1 Å². The maximum absolute atomic E-state index is 12.5. The molecule has 202 valence electrons. The third-order valence-corrected chi connectivity index (χ3v) is 7.61. The molecule has 1 fully saturated rings. The van der Waals surface area contributed by atoms with Gasteiger partial charge in [0.1, 0.15) is 29.1 Å². The van der Waals surface area contributed by atoms with E-state index in [9.17, 15) is 15.1 Å². The Morgan fingerprint density at radius 2 is 1.97 bits per heavy atom. The summed E-state index contributed by atoms with van der Waals surface area (Å²) in [5.74, 6) is 1.25. The number of nitrogens with one attached hydrogen (secondary N) is 1. The topological polar surface area (TPSA) is 142 Å². The van der Waals surface area contributed by atoms with E-state index in [1.807, 2.05) is 52.8 Å². The van der Waals surface area contributed by atoms with Gasteiger partial charge in [-0.25, -0.2) is 14.8 Å². The molecule has 2 aromatic heterocycles. The molecule has 39 heavy (non-hydrogen) atoms. The average molecular weight is 530 g/mol. The van der Waals surface area contributed by atoms with Crippen LogP contribution in [0.1, 0.15) is 69.1 Å². The van der Waals surface area contributed by atoms with Gasteiger partial charge in [0.05, 0.1) is 29.9 Å². The van der Waals surface area contributed by atoms with Crippen molar-refractivity contribution in [2.24, 2.45) is 5.11 Å². The van der Waals surface area contributed by atoms with Crippen LogP contribution in [-0.4, -0.2) is 51.5 Å². The molecule has 4 heterocycles. The first kappa shape index (κ1) is 26.2. The number of nitrogens with zero attached hydrogens (tertiary/aromatic N) is 6. The van der Waals surface area contributed by atoms with Gasteiger partial charge in [-0.15, -0.1) is 0 Å². The number of anilines is 2. The van der Waals surface area contributed by atoms with Crippen molar-refractivity contribution in [1.29, 1.82) is 0 Å². The molecule has 0 spiro atoms. The highest BCUT2D eigenvalue weighted by Crippen LogP contribution is 2.40. The second-order valence-electron chi connectivity index (χ2n) is 11.1. The molecule has 2 aliphatic rings. The molecule has 0 aliphatic carbocycles. The van der Waals surface area contributed by atoms with E-state index in [-0.39, 0.29) is 23.9 Å². The van der Waals surface area contributed by atoms with Crippen LogP contribution in [0, 0.1) is 0 Å². The lowest BCUT2D eigenvalue weighted by Crippen LogP contribution is -2.55. The Morgan fingerprint density at radius 1 is 1.23 bits per heavy atom. The van der Waals surface area contributed by atoms with Crippen LogP contribution < -0.4 is 10.1 Å². The first-order chi connectivity index (χ1) is 18.4. The summed E-state index contributed by atoms with van der Waals surface area (Å²) in [6.07, 6.45) is 1.61. The smallest absolute Gasteiger partial charge is 0.340 e. The number of fused-ring (bicyclic) bond motifs is 2. The van der Waals surface area contributed by atoms with E-state index in [1.165, 1.54) is 0 Å². The first-order valence-corrected chi connectivity index (χ1v) is 12.8. The van der Waals surface area contributed by atoms with E-state index < -0.39 is 11.1 Å². The van der Waals surface area contributed by atoms with Crippen molar-refractivity contribution in [1.82, 2.24) is 14.9 Å². The number of ether oxygens (including phenoxy) is 2. The minimum absolute atomic E-state index is 0.0224. The van der Waals surface area contributed by atoms with Gasteiger partial charge in [-0.1, -0.05) is 32.0 Å². The number of aromatic nitrogens is 2. The zero-order valence-corrected chi connectivity index (χ0v) is 22.8. The quantitative estimate of drug-likeness (QED) is 0.190. The molecule has 1 aromatic carbocycles. The number of hydrogen-bond donors (Lipinski definition) is 1. The summed E-state index contributed by atoms with van der Waals surface area (Å²) in [7, 11) is 0. The van der Waals surface area contributed by atoms with Crippen molar-refractivity contribution in [2.75, 3.05) is 18.4 Å². The Balaban J connectivity index is 1.51. The fourth-order valence-corrected chi connectivity index (χ4v) is 4.92. The zero-order chi connectivity index (χ0) is 28.1. The highest BCUT2D eigenvalue weighted by Gasteiger charge is 2.40. The summed E-state index contributed by atoms with van der Waals surface area (Å²) in [5, 5.41) is 8.84. The van der Waals surface area contributed by atoms with Gasteiger partial charge in [-0.3, -0.25) is 4.79 Å². The van der Waals surface area contributed by atoms with Gasteiger partial charge in [0.2, 0.25) is 5.91 Å². The predicted molar refractivity (Wildman–Crippen MR) is 146 cm³/mol. The molecule has 0 radical (unpaired) electrons. The average Bonchev–Trinajstić information content (AvgIpc) is 2.83. The number of amides is 1. The highest BCUT2D eigenvalue weighted by molar-refractivity contribution is 5.94.